The Kier molecular flexibility index (Phi) is 5.18. The summed E-state index contributed by atoms with van der Waals surface area (Å²) in [5, 5.41) is 9.01. The quantitative estimate of drug-likeness (QED) is 0.895. The molecule has 0 saturated heterocycles. The number of amides is 2. The first-order chi connectivity index (χ1) is 9.93. The second-order valence-corrected chi connectivity index (χ2v) is 6.58. The average molecular weight is 314 g/mol. The van der Waals surface area contributed by atoms with Gasteiger partial charge in [0.1, 0.15) is 23.2 Å². The lowest BCUT2D eigenvalue weighted by molar-refractivity contribution is 0.0420. The van der Waals surface area contributed by atoms with Gasteiger partial charge in [-0.25, -0.2) is 9.59 Å². The number of anilines is 1. The first-order valence-corrected chi connectivity index (χ1v) is 6.74. The largest absolute Gasteiger partial charge is 0.443 e. The summed E-state index contributed by atoms with van der Waals surface area (Å²) in [5.41, 5.74) is -1.46. The van der Waals surface area contributed by atoms with Crippen molar-refractivity contribution < 1.29 is 28.6 Å². The van der Waals surface area contributed by atoms with Crippen molar-refractivity contribution in [3.63, 3.8) is 0 Å². The Morgan fingerprint density at radius 1 is 1.14 bits per heavy atom. The van der Waals surface area contributed by atoms with Crippen LogP contribution in [-0.4, -0.2) is 33.5 Å². The minimum Gasteiger partial charge on any atom is -0.443 e. The summed E-state index contributed by atoms with van der Waals surface area (Å²) in [6.45, 7) is 9.57. The van der Waals surface area contributed by atoms with Crippen molar-refractivity contribution in [1.29, 1.82) is 0 Å². The van der Waals surface area contributed by atoms with E-state index in [4.69, 9.17) is 19.0 Å². The van der Waals surface area contributed by atoms with Crippen molar-refractivity contribution >= 4 is 18.2 Å². The van der Waals surface area contributed by atoms with Crippen molar-refractivity contribution in [2.75, 3.05) is 4.90 Å². The number of carbonyl (C=O) groups excluding carboxylic acids is 2. The lowest BCUT2D eigenvalue weighted by Crippen LogP contribution is -2.44. The number of aliphatic hydroxyl groups excluding tert-OH is 1. The van der Waals surface area contributed by atoms with E-state index in [0.29, 0.717) is 4.90 Å². The number of hydrogen-bond acceptors (Lipinski definition) is 7. The third kappa shape index (κ3) is 5.36. The van der Waals surface area contributed by atoms with E-state index in [1.54, 1.807) is 41.5 Å². The second kappa shape index (κ2) is 6.35. The maximum Gasteiger partial charge on any atom is 0.428 e. The SMILES string of the molecule is CC(C)(C)OC(=O)N(C(=O)OC(C)(C)C)c1nc(CO)co1. The van der Waals surface area contributed by atoms with Crippen molar-refractivity contribution in [2.45, 2.75) is 59.4 Å². The Balaban J connectivity index is 3.09. The molecule has 1 rings (SSSR count). The Hall–Kier alpha value is -2.09. The number of aromatic nitrogens is 1. The van der Waals surface area contributed by atoms with E-state index in [9.17, 15) is 9.59 Å². The lowest BCUT2D eigenvalue weighted by Gasteiger charge is -2.26. The summed E-state index contributed by atoms with van der Waals surface area (Å²) in [6, 6.07) is -0.326. The molecule has 1 aromatic heterocycles. The fourth-order valence-corrected chi connectivity index (χ4v) is 1.32. The van der Waals surface area contributed by atoms with Crippen LogP contribution in [0.2, 0.25) is 0 Å². The summed E-state index contributed by atoms with van der Waals surface area (Å²) in [7, 11) is 0. The zero-order valence-corrected chi connectivity index (χ0v) is 13.7. The van der Waals surface area contributed by atoms with E-state index in [2.05, 4.69) is 4.98 Å². The molecule has 0 atom stereocenters. The standard InChI is InChI=1S/C14H22N2O6/c1-13(2,3)21-11(18)16(12(19)22-14(4,5)6)10-15-9(7-17)8-20-10/h8,17H,7H2,1-6H3. The minimum absolute atomic E-state index is 0.173. The normalized spacial score (nSPS) is 12.0. The van der Waals surface area contributed by atoms with Crippen molar-refractivity contribution in [1.82, 2.24) is 4.98 Å². The number of ether oxygens (including phenoxy) is 2. The maximum atomic E-state index is 12.2. The molecule has 0 aliphatic heterocycles. The highest BCUT2D eigenvalue weighted by atomic mass is 16.6. The van der Waals surface area contributed by atoms with Crippen LogP contribution in [0.25, 0.3) is 0 Å². The first kappa shape index (κ1) is 18.0. The highest BCUT2D eigenvalue weighted by Crippen LogP contribution is 2.21. The molecule has 8 heteroatoms. The smallest absolute Gasteiger partial charge is 0.428 e. The molecule has 0 bridgehead atoms. The predicted molar refractivity (Wildman–Crippen MR) is 77.4 cm³/mol. The highest BCUT2D eigenvalue weighted by Gasteiger charge is 2.35. The number of aliphatic hydroxyl groups is 1. The number of hydrogen-bond donors (Lipinski definition) is 1. The number of nitrogens with zero attached hydrogens (tertiary/aromatic N) is 2. The fourth-order valence-electron chi connectivity index (χ4n) is 1.32. The van der Waals surface area contributed by atoms with E-state index in [-0.39, 0.29) is 18.3 Å². The van der Waals surface area contributed by atoms with Crippen LogP contribution in [-0.2, 0) is 16.1 Å². The summed E-state index contributed by atoms with van der Waals surface area (Å²) in [6.07, 6.45) is -0.821. The Labute approximate surface area is 129 Å². The molecule has 8 nitrogen and oxygen atoms in total. The average Bonchev–Trinajstić information content (AvgIpc) is 2.72. The van der Waals surface area contributed by atoms with Gasteiger partial charge in [-0.3, -0.25) is 0 Å². The summed E-state index contributed by atoms with van der Waals surface area (Å²) >= 11 is 0. The molecule has 0 aliphatic rings. The molecule has 1 N–H and O–H groups in total. The zero-order valence-electron chi connectivity index (χ0n) is 13.7. The van der Waals surface area contributed by atoms with Gasteiger partial charge in [-0.1, -0.05) is 0 Å². The van der Waals surface area contributed by atoms with Gasteiger partial charge in [0.25, 0.3) is 0 Å². The van der Waals surface area contributed by atoms with Crippen LogP contribution >= 0.6 is 0 Å². The monoisotopic (exact) mass is 314 g/mol. The zero-order chi connectivity index (χ0) is 17.1. The topological polar surface area (TPSA) is 102 Å². The van der Waals surface area contributed by atoms with Gasteiger partial charge in [0.2, 0.25) is 0 Å². The molecule has 1 heterocycles. The molecule has 1 aromatic rings. The van der Waals surface area contributed by atoms with E-state index in [1.165, 1.54) is 0 Å². The van der Waals surface area contributed by atoms with Crippen LogP contribution in [0.3, 0.4) is 0 Å². The predicted octanol–water partition coefficient (Wildman–Crippen LogP) is 2.84. The first-order valence-electron chi connectivity index (χ1n) is 6.74. The van der Waals surface area contributed by atoms with Gasteiger partial charge >= 0.3 is 18.2 Å². The van der Waals surface area contributed by atoms with Crippen LogP contribution < -0.4 is 4.90 Å². The fraction of sp³-hybridized carbons (Fsp3) is 0.643. The summed E-state index contributed by atoms with van der Waals surface area (Å²) in [4.78, 5) is 28.8. The molecule has 2 amide bonds. The molecule has 0 aliphatic carbocycles. The van der Waals surface area contributed by atoms with Gasteiger partial charge in [-0.05, 0) is 41.5 Å². The van der Waals surface area contributed by atoms with Crippen LogP contribution in [0.5, 0.6) is 0 Å². The van der Waals surface area contributed by atoms with E-state index in [0.717, 1.165) is 6.26 Å². The van der Waals surface area contributed by atoms with Crippen LogP contribution in [0.1, 0.15) is 47.2 Å². The molecular formula is C14H22N2O6. The Morgan fingerprint density at radius 3 is 1.91 bits per heavy atom. The molecule has 22 heavy (non-hydrogen) atoms. The van der Waals surface area contributed by atoms with Gasteiger partial charge in [0, 0.05) is 0 Å². The molecule has 0 fully saturated rings. The molecule has 0 radical (unpaired) electrons. The van der Waals surface area contributed by atoms with Crippen LogP contribution in [0.15, 0.2) is 10.7 Å². The van der Waals surface area contributed by atoms with Crippen LogP contribution in [0, 0.1) is 0 Å². The molecule has 0 aromatic carbocycles. The lowest BCUT2D eigenvalue weighted by atomic mass is 10.2. The van der Waals surface area contributed by atoms with Crippen molar-refractivity contribution in [2.24, 2.45) is 0 Å². The van der Waals surface area contributed by atoms with Crippen molar-refractivity contribution in [3.8, 4) is 0 Å². The van der Waals surface area contributed by atoms with Gasteiger partial charge in [0.05, 0.1) is 6.61 Å². The number of rotatable bonds is 2. The third-order valence-corrected chi connectivity index (χ3v) is 2.05. The van der Waals surface area contributed by atoms with E-state index < -0.39 is 23.4 Å². The summed E-state index contributed by atoms with van der Waals surface area (Å²) < 4.78 is 15.4. The maximum absolute atomic E-state index is 12.2. The molecule has 124 valence electrons. The Bertz CT molecular complexity index is 510. The van der Waals surface area contributed by atoms with Crippen molar-refractivity contribution in [3.05, 3.63) is 12.0 Å². The van der Waals surface area contributed by atoms with E-state index in [1.807, 2.05) is 0 Å². The summed E-state index contributed by atoms with van der Waals surface area (Å²) in [5.74, 6) is 0. The number of imide groups is 1. The van der Waals surface area contributed by atoms with Gasteiger partial charge in [0.15, 0.2) is 0 Å². The van der Waals surface area contributed by atoms with E-state index >= 15 is 0 Å². The number of carbonyl (C=O) groups is 2. The Morgan fingerprint density at radius 2 is 1.59 bits per heavy atom. The van der Waals surface area contributed by atoms with Gasteiger partial charge in [-0.2, -0.15) is 4.98 Å². The number of oxazole rings is 1. The molecule has 0 unspecified atom stereocenters. The highest BCUT2D eigenvalue weighted by molar-refractivity contribution is 6.07. The minimum atomic E-state index is -0.979. The molecular weight excluding hydrogens is 292 g/mol. The second-order valence-electron chi connectivity index (χ2n) is 6.58. The third-order valence-electron chi connectivity index (χ3n) is 2.05. The van der Waals surface area contributed by atoms with Crippen LogP contribution in [0.4, 0.5) is 15.6 Å². The molecule has 0 spiro atoms. The van der Waals surface area contributed by atoms with Gasteiger partial charge < -0.3 is 19.0 Å². The molecule has 0 saturated carbocycles. The van der Waals surface area contributed by atoms with Gasteiger partial charge in [-0.15, -0.1) is 4.90 Å².